The second-order valence-corrected chi connectivity index (χ2v) is 7.97. The topological polar surface area (TPSA) is 79.1 Å². The van der Waals surface area contributed by atoms with Crippen molar-refractivity contribution in [3.63, 3.8) is 0 Å². The van der Waals surface area contributed by atoms with Gasteiger partial charge >= 0.3 is 5.97 Å². The number of hydrogen-bond donors (Lipinski definition) is 2. The molecule has 0 radical (unpaired) electrons. The van der Waals surface area contributed by atoms with Gasteiger partial charge in [0, 0.05) is 23.5 Å². The average Bonchev–Trinajstić information content (AvgIpc) is 2.76. The summed E-state index contributed by atoms with van der Waals surface area (Å²) in [5.41, 5.74) is 5.11. The summed E-state index contributed by atoms with van der Waals surface area (Å²) in [4.78, 5) is 16.0. The number of nitrogens with zero attached hydrogens (tertiary/aromatic N) is 1. The van der Waals surface area contributed by atoms with Crippen LogP contribution in [0.5, 0.6) is 5.75 Å². The summed E-state index contributed by atoms with van der Waals surface area (Å²) in [6, 6.07) is 6.33. The molecule has 2 aromatic rings. The first-order chi connectivity index (χ1) is 15.3. The predicted octanol–water partition coefficient (Wildman–Crippen LogP) is 6.16. The van der Waals surface area contributed by atoms with Gasteiger partial charge in [-0.05, 0) is 68.0 Å². The van der Waals surface area contributed by atoms with E-state index < -0.39 is 5.97 Å². The van der Waals surface area contributed by atoms with E-state index in [-0.39, 0.29) is 23.9 Å². The fraction of sp³-hybridized carbons (Fsp3) is 0.385. The van der Waals surface area contributed by atoms with Gasteiger partial charge in [0.2, 0.25) is 0 Å². The molecule has 1 unspecified atom stereocenters. The third-order valence-corrected chi connectivity index (χ3v) is 5.84. The molecule has 6 heteroatoms. The molecule has 2 N–H and O–H groups in total. The van der Waals surface area contributed by atoms with Gasteiger partial charge in [0.05, 0.1) is 6.21 Å². The zero-order valence-electron chi connectivity index (χ0n) is 19.0. The Bertz CT molecular complexity index is 967. The number of aromatic hydroxyl groups is 1. The number of carbonyl (C=O) groups is 1. The van der Waals surface area contributed by atoms with Crippen molar-refractivity contribution in [1.82, 2.24) is 0 Å². The first-order valence-corrected chi connectivity index (χ1v) is 10.8. The van der Waals surface area contributed by atoms with E-state index in [0.29, 0.717) is 19.4 Å². The van der Waals surface area contributed by atoms with Gasteiger partial charge in [0.15, 0.2) is 0 Å². The van der Waals surface area contributed by atoms with Crippen molar-refractivity contribution in [3.8, 4) is 5.75 Å². The Balaban J connectivity index is 2.47. The van der Waals surface area contributed by atoms with Crippen LogP contribution in [-0.2, 0) is 9.63 Å². The molecular formula is C26H32FNO4. The average molecular weight is 442 g/mol. The molecule has 0 spiro atoms. The van der Waals surface area contributed by atoms with Gasteiger partial charge in [-0.2, -0.15) is 0 Å². The minimum absolute atomic E-state index is 0.139. The SMILES string of the molecule is C=CCO/N=C\c1c(C)c(C)c(O)c(C(CCCCCC(=O)O)c2ccc(F)cc2)c1C. The van der Waals surface area contributed by atoms with Crippen LogP contribution >= 0.6 is 0 Å². The van der Waals surface area contributed by atoms with Crippen molar-refractivity contribution in [2.75, 3.05) is 6.61 Å². The summed E-state index contributed by atoms with van der Waals surface area (Å²) in [6.45, 7) is 9.64. The highest BCUT2D eigenvalue weighted by Crippen LogP contribution is 2.41. The molecule has 0 aliphatic carbocycles. The van der Waals surface area contributed by atoms with Crippen LogP contribution in [0.4, 0.5) is 4.39 Å². The molecule has 0 saturated carbocycles. The smallest absolute Gasteiger partial charge is 0.303 e. The highest BCUT2D eigenvalue weighted by Gasteiger charge is 2.24. The maximum atomic E-state index is 13.6. The summed E-state index contributed by atoms with van der Waals surface area (Å²) in [6.07, 6.45) is 6.25. The minimum Gasteiger partial charge on any atom is -0.507 e. The molecule has 0 aliphatic heterocycles. The molecule has 172 valence electrons. The van der Waals surface area contributed by atoms with Crippen LogP contribution in [0.15, 0.2) is 42.1 Å². The van der Waals surface area contributed by atoms with E-state index >= 15 is 0 Å². The van der Waals surface area contributed by atoms with Crippen molar-refractivity contribution in [1.29, 1.82) is 0 Å². The van der Waals surface area contributed by atoms with Crippen molar-refractivity contribution >= 4 is 12.2 Å². The molecule has 0 amide bonds. The van der Waals surface area contributed by atoms with Crippen molar-refractivity contribution < 1.29 is 24.2 Å². The maximum absolute atomic E-state index is 13.6. The quantitative estimate of drug-likeness (QED) is 0.179. The number of halogens is 1. The number of carboxylic acid groups (broad SMARTS) is 1. The molecule has 0 heterocycles. The number of phenolic OH excluding ortho intramolecular Hbond substituents is 1. The fourth-order valence-corrected chi connectivity index (χ4v) is 3.97. The number of hydrogen-bond acceptors (Lipinski definition) is 4. The van der Waals surface area contributed by atoms with Crippen molar-refractivity contribution in [2.45, 2.75) is 58.8 Å². The number of carboxylic acids is 1. The summed E-state index contributed by atoms with van der Waals surface area (Å²) >= 11 is 0. The van der Waals surface area contributed by atoms with Gasteiger partial charge in [-0.3, -0.25) is 4.79 Å². The van der Waals surface area contributed by atoms with Gasteiger partial charge in [-0.1, -0.05) is 42.8 Å². The van der Waals surface area contributed by atoms with Crippen molar-refractivity contribution in [3.05, 3.63) is 76.1 Å². The van der Waals surface area contributed by atoms with E-state index in [4.69, 9.17) is 9.94 Å². The number of benzene rings is 2. The van der Waals surface area contributed by atoms with Gasteiger partial charge < -0.3 is 15.1 Å². The first kappa shape index (κ1) is 25.1. The Morgan fingerprint density at radius 3 is 2.44 bits per heavy atom. The molecule has 2 rings (SSSR count). The maximum Gasteiger partial charge on any atom is 0.303 e. The normalized spacial score (nSPS) is 12.1. The number of oxime groups is 1. The van der Waals surface area contributed by atoms with Crippen LogP contribution < -0.4 is 0 Å². The highest BCUT2D eigenvalue weighted by molar-refractivity contribution is 5.86. The van der Waals surface area contributed by atoms with Crippen LogP contribution in [0, 0.1) is 26.6 Å². The minimum atomic E-state index is -0.801. The molecule has 5 nitrogen and oxygen atoms in total. The number of aliphatic carboxylic acids is 1. The fourth-order valence-electron chi connectivity index (χ4n) is 3.97. The lowest BCUT2D eigenvalue weighted by molar-refractivity contribution is -0.137. The summed E-state index contributed by atoms with van der Waals surface area (Å²) in [7, 11) is 0. The molecule has 0 aromatic heterocycles. The summed E-state index contributed by atoms with van der Waals surface area (Å²) < 4.78 is 13.6. The Labute approximate surface area is 189 Å². The van der Waals surface area contributed by atoms with E-state index in [9.17, 15) is 14.3 Å². The largest absolute Gasteiger partial charge is 0.507 e. The molecule has 0 bridgehead atoms. The van der Waals surface area contributed by atoms with E-state index in [2.05, 4.69) is 11.7 Å². The lowest BCUT2D eigenvalue weighted by Crippen LogP contribution is -2.09. The second kappa shape index (κ2) is 12.0. The Morgan fingerprint density at radius 2 is 1.81 bits per heavy atom. The Morgan fingerprint density at radius 1 is 1.12 bits per heavy atom. The summed E-state index contributed by atoms with van der Waals surface area (Å²) in [5, 5.41) is 24.0. The van der Waals surface area contributed by atoms with E-state index in [1.165, 1.54) is 12.1 Å². The lowest BCUT2D eigenvalue weighted by Gasteiger charge is -2.25. The third kappa shape index (κ3) is 6.42. The van der Waals surface area contributed by atoms with E-state index in [0.717, 1.165) is 46.2 Å². The van der Waals surface area contributed by atoms with Crippen LogP contribution in [0.25, 0.3) is 0 Å². The van der Waals surface area contributed by atoms with E-state index in [1.54, 1.807) is 24.4 Å². The number of unbranched alkanes of at least 4 members (excludes halogenated alkanes) is 2. The van der Waals surface area contributed by atoms with Crippen LogP contribution in [-0.4, -0.2) is 29.0 Å². The molecular weight excluding hydrogens is 409 g/mol. The number of phenols is 1. The predicted molar refractivity (Wildman–Crippen MR) is 125 cm³/mol. The van der Waals surface area contributed by atoms with Crippen LogP contribution in [0.3, 0.4) is 0 Å². The molecule has 0 aliphatic rings. The molecule has 1 atom stereocenters. The standard InChI is InChI=1S/C26H32FNO4/c1-5-15-32-28-16-23-17(2)18(3)26(31)25(19(23)4)22(9-7-6-8-10-24(29)30)20-11-13-21(27)14-12-20/h5,11-14,16,22,31H,1,6-10,15H2,2-4H3,(H,29,30)/b28-16-. The van der Waals surface area contributed by atoms with Gasteiger partial charge in [0.1, 0.15) is 18.2 Å². The molecule has 32 heavy (non-hydrogen) atoms. The Hall–Kier alpha value is -3.15. The second-order valence-electron chi connectivity index (χ2n) is 7.97. The van der Waals surface area contributed by atoms with Crippen LogP contribution in [0.1, 0.15) is 71.4 Å². The van der Waals surface area contributed by atoms with Crippen LogP contribution in [0.2, 0.25) is 0 Å². The Kier molecular flexibility index (Phi) is 9.44. The number of rotatable bonds is 12. The van der Waals surface area contributed by atoms with Gasteiger partial charge in [0.25, 0.3) is 0 Å². The first-order valence-electron chi connectivity index (χ1n) is 10.8. The molecule has 0 saturated heterocycles. The third-order valence-electron chi connectivity index (χ3n) is 5.84. The van der Waals surface area contributed by atoms with Crippen molar-refractivity contribution in [2.24, 2.45) is 5.16 Å². The zero-order chi connectivity index (χ0) is 23.7. The zero-order valence-corrected chi connectivity index (χ0v) is 19.0. The van der Waals surface area contributed by atoms with E-state index in [1.807, 2.05) is 20.8 Å². The monoisotopic (exact) mass is 441 g/mol. The highest BCUT2D eigenvalue weighted by atomic mass is 19.1. The molecule has 2 aromatic carbocycles. The van der Waals surface area contributed by atoms with Gasteiger partial charge in [-0.15, -0.1) is 0 Å². The molecule has 0 fully saturated rings. The lowest BCUT2D eigenvalue weighted by atomic mass is 9.80. The summed E-state index contributed by atoms with van der Waals surface area (Å²) in [5.74, 6) is -1.06. The van der Waals surface area contributed by atoms with Gasteiger partial charge in [-0.25, -0.2) is 4.39 Å².